The van der Waals surface area contributed by atoms with Gasteiger partial charge in [-0.05, 0) is 23.9 Å². The molecule has 18 heavy (non-hydrogen) atoms. The number of carbonyl (C=O) groups is 1. The van der Waals surface area contributed by atoms with Gasteiger partial charge < -0.3 is 9.64 Å². The summed E-state index contributed by atoms with van der Waals surface area (Å²) >= 11 is 0. The van der Waals surface area contributed by atoms with E-state index in [1.165, 1.54) is 25.3 Å². The Morgan fingerprint density at radius 3 is 2.61 bits per heavy atom. The largest absolute Gasteiger partial charge is 0.465 e. The second kappa shape index (κ2) is 5.81. The number of nitrogens with zero attached hydrogens (tertiary/aromatic N) is 2. The number of hydrogen-bond acceptors (Lipinski definition) is 5. The number of non-ortho nitro benzene ring substituents is 1. The van der Waals surface area contributed by atoms with Crippen molar-refractivity contribution in [2.24, 2.45) is 0 Å². The van der Waals surface area contributed by atoms with E-state index in [1.807, 2.05) is 14.1 Å². The molecule has 6 nitrogen and oxygen atoms in total. The average molecular weight is 250 g/mol. The van der Waals surface area contributed by atoms with Crippen molar-refractivity contribution < 1.29 is 14.5 Å². The fourth-order valence-corrected chi connectivity index (χ4v) is 1.33. The molecule has 0 amide bonds. The molecular weight excluding hydrogens is 236 g/mol. The third-order valence-electron chi connectivity index (χ3n) is 2.20. The van der Waals surface area contributed by atoms with E-state index >= 15 is 0 Å². The molecule has 0 radical (unpaired) electrons. The molecule has 0 bridgehead atoms. The number of esters is 1. The molecule has 1 aromatic rings. The molecule has 6 heteroatoms. The van der Waals surface area contributed by atoms with Crippen LogP contribution in [0.15, 0.2) is 24.4 Å². The minimum absolute atomic E-state index is 0.0685. The summed E-state index contributed by atoms with van der Waals surface area (Å²) in [4.78, 5) is 23.5. The van der Waals surface area contributed by atoms with Crippen LogP contribution < -0.4 is 0 Å². The van der Waals surface area contributed by atoms with Crippen LogP contribution in [0.2, 0.25) is 0 Å². The number of benzene rings is 1. The van der Waals surface area contributed by atoms with Gasteiger partial charge in [-0.25, -0.2) is 4.79 Å². The number of ether oxygens (including phenoxy) is 1. The lowest BCUT2D eigenvalue weighted by Gasteiger charge is -2.06. The Kier molecular flexibility index (Phi) is 4.42. The maximum atomic E-state index is 11.5. The van der Waals surface area contributed by atoms with E-state index in [1.54, 1.807) is 17.2 Å². The third kappa shape index (κ3) is 3.31. The van der Waals surface area contributed by atoms with Crippen molar-refractivity contribution in [2.45, 2.75) is 0 Å². The summed E-state index contributed by atoms with van der Waals surface area (Å²) in [5, 5.41) is 10.7. The molecule has 0 atom stereocenters. The van der Waals surface area contributed by atoms with Crippen molar-refractivity contribution in [3.8, 4) is 0 Å². The van der Waals surface area contributed by atoms with Gasteiger partial charge in [-0.1, -0.05) is 0 Å². The first-order valence-corrected chi connectivity index (χ1v) is 5.17. The van der Waals surface area contributed by atoms with Crippen LogP contribution in [0.5, 0.6) is 0 Å². The molecular formula is C12H14N2O4. The summed E-state index contributed by atoms with van der Waals surface area (Å²) in [7, 11) is 4.89. The lowest BCUT2D eigenvalue weighted by atomic mass is 10.1. The van der Waals surface area contributed by atoms with Crippen molar-refractivity contribution in [1.82, 2.24) is 4.90 Å². The molecule has 0 N–H and O–H groups in total. The second-order valence-corrected chi connectivity index (χ2v) is 3.80. The van der Waals surface area contributed by atoms with E-state index in [-0.39, 0.29) is 5.69 Å². The highest BCUT2D eigenvalue weighted by atomic mass is 16.6. The van der Waals surface area contributed by atoms with E-state index in [0.717, 1.165) is 0 Å². The topological polar surface area (TPSA) is 72.7 Å². The van der Waals surface area contributed by atoms with Gasteiger partial charge in [-0.3, -0.25) is 10.1 Å². The molecule has 0 saturated heterocycles. The van der Waals surface area contributed by atoms with Crippen LogP contribution in [-0.2, 0) is 4.74 Å². The number of hydrogen-bond donors (Lipinski definition) is 0. The zero-order valence-corrected chi connectivity index (χ0v) is 10.4. The first kappa shape index (κ1) is 13.7. The third-order valence-corrected chi connectivity index (χ3v) is 2.20. The second-order valence-electron chi connectivity index (χ2n) is 3.80. The van der Waals surface area contributed by atoms with Gasteiger partial charge in [0.15, 0.2) is 0 Å². The SMILES string of the molecule is COC(=O)c1ccc([N+](=O)[O-])cc1C=CN(C)C. The van der Waals surface area contributed by atoms with Crippen LogP contribution in [0.3, 0.4) is 0 Å². The molecule has 1 aromatic carbocycles. The molecule has 0 saturated carbocycles. The normalized spacial score (nSPS) is 10.4. The highest BCUT2D eigenvalue weighted by Gasteiger charge is 2.14. The predicted molar refractivity (Wildman–Crippen MR) is 67.2 cm³/mol. The van der Waals surface area contributed by atoms with Crippen LogP contribution in [0.25, 0.3) is 6.08 Å². The molecule has 0 aromatic heterocycles. The van der Waals surface area contributed by atoms with Gasteiger partial charge in [0.05, 0.1) is 17.6 Å². The van der Waals surface area contributed by atoms with Crippen molar-refractivity contribution >= 4 is 17.7 Å². The van der Waals surface area contributed by atoms with Crippen LogP contribution in [0, 0.1) is 10.1 Å². The summed E-state index contributed by atoms with van der Waals surface area (Å²) < 4.78 is 4.63. The fraction of sp³-hybridized carbons (Fsp3) is 0.250. The van der Waals surface area contributed by atoms with Crippen molar-refractivity contribution in [1.29, 1.82) is 0 Å². The number of nitro groups is 1. The average Bonchev–Trinajstić information content (AvgIpc) is 2.34. The van der Waals surface area contributed by atoms with E-state index < -0.39 is 10.9 Å². The molecule has 0 aliphatic heterocycles. The molecule has 0 unspecified atom stereocenters. The Morgan fingerprint density at radius 2 is 2.11 bits per heavy atom. The van der Waals surface area contributed by atoms with Crippen molar-refractivity contribution in [3.63, 3.8) is 0 Å². The molecule has 0 heterocycles. The van der Waals surface area contributed by atoms with Gasteiger partial charge in [0.1, 0.15) is 0 Å². The Morgan fingerprint density at radius 1 is 1.44 bits per heavy atom. The minimum atomic E-state index is -0.525. The fourth-order valence-electron chi connectivity index (χ4n) is 1.33. The van der Waals surface area contributed by atoms with Gasteiger partial charge in [0, 0.05) is 26.2 Å². The van der Waals surface area contributed by atoms with Crippen LogP contribution in [0.4, 0.5) is 5.69 Å². The molecule has 1 rings (SSSR count). The monoisotopic (exact) mass is 250 g/mol. The number of nitro benzene ring substituents is 1. The molecule has 96 valence electrons. The Hall–Kier alpha value is -2.37. The first-order chi connectivity index (χ1) is 8.45. The van der Waals surface area contributed by atoms with Gasteiger partial charge in [0.2, 0.25) is 0 Å². The maximum absolute atomic E-state index is 11.5. The highest BCUT2D eigenvalue weighted by molar-refractivity contribution is 5.94. The summed E-state index contributed by atoms with van der Waals surface area (Å²) in [6.07, 6.45) is 3.32. The van der Waals surface area contributed by atoms with Gasteiger partial charge >= 0.3 is 5.97 Å². The Balaban J connectivity index is 3.26. The van der Waals surface area contributed by atoms with Crippen molar-refractivity contribution in [3.05, 3.63) is 45.6 Å². The summed E-state index contributed by atoms with van der Waals surface area (Å²) in [5.74, 6) is -0.525. The number of carbonyl (C=O) groups excluding carboxylic acids is 1. The summed E-state index contributed by atoms with van der Waals surface area (Å²) in [5.41, 5.74) is 0.673. The maximum Gasteiger partial charge on any atom is 0.338 e. The molecule has 0 spiro atoms. The molecule has 0 aliphatic carbocycles. The standard InChI is InChI=1S/C12H14N2O4/c1-13(2)7-6-9-8-10(14(16)17)4-5-11(9)12(15)18-3/h4-8H,1-3H3. The quantitative estimate of drug-likeness (QED) is 0.463. The first-order valence-electron chi connectivity index (χ1n) is 5.17. The zero-order chi connectivity index (χ0) is 13.7. The number of methoxy groups -OCH3 is 1. The smallest absolute Gasteiger partial charge is 0.338 e. The summed E-state index contributed by atoms with van der Waals surface area (Å²) in [6, 6.07) is 4.00. The summed E-state index contributed by atoms with van der Waals surface area (Å²) in [6.45, 7) is 0. The van der Waals surface area contributed by atoms with E-state index in [0.29, 0.717) is 11.1 Å². The number of rotatable bonds is 4. The Bertz CT molecular complexity index is 495. The van der Waals surface area contributed by atoms with Gasteiger partial charge in [0.25, 0.3) is 5.69 Å². The zero-order valence-electron chi connectivity index (χ0n) is 10.4. The Labute approximate surface area is 105 Å². The van der Waals surface area contributed by atoms with Crippen LogP contribution in [-0.4, -0.2) is 37.0 Å². The lowest BCUT2D eigenvalue weighted by Crippen LogP contribution is -2.05. The van der Waals surface area contributed by atoms with Gasteiger partial charge in [-0.15, -0.1) is 0 Å². The minimum Gasteiger partial charge on any atom is -0.465 e. The van der Waals surface area contributed by atoms with E-state index in [2.05, 4.69) is 4.74 Å². The van der Waals surface area contributed by atoms with Crippen LogP contribution in [0.1, 0.15) is 15.9 Å². The highest BCUT2D eigenvalue weighted by Crippen LogP contribution is 2.20. The molecule has 0 aliphatic rings. The van der Waals surface area contributed by atoms with E-state index in [4.69, 9.17) is 0 Å². The predicted octanol–water partition coefficient (Wildman–Crippen LogP) is 1.91. The van der Waals surface area contributed by atoms with Gasteiger partial charge in [-0.2, -0.15) is 0 Å². The molecule has 0 fully saturated rings. The van der Waals surface area contributed by atoms with Crippen LogP contribution >= 0.6 is 0 Å². The lowest BCUT2D eigenvalue weighted by molar-refractivity contribution is -0.384. The van der Waals surface area contributed by atoms with E-state index in [9.17, 15) is 14.9 Å². The van der Waals surface area contributed by atoms with Crippen molar-refractivity contribution in [2.75, 3.05) is 21.2 Å².